The van der Waals surface area contributed by atoms with E-state index >= 15 is 0 Å². The van der Waals surface area contributed by atoms with Crippen molar-refractivity contribution in [3.63, 3.8) is 0 Å². The molecule has 0 spiro atoms. The first-order valence-corrected chi connectivity index (χ1v) is 6.68. The van der Waals surface area contributed by atoms with Crippen molar-refractivity contribution in [2.24, 2.45) is 0 Å². The summed E-state index contributed by atoms with van der Waals surface area (Å²) in [5.74, 6) is -12.2. The highest BCUT2D eigenvalue weighted by Gasteiger charge is 2.29. The Hall–Kier alpha value is -2.44. The molecule has 1 amide bonds. The van der Waals surface area contributed by atoms with Gasteiger partial charge in [0, 0.05) is 6.54 Å². The van der Waals surface area contributed by atoms with E-state index in [0.29, 0.717) is 6.42 Å². The maximum atomic E-state index is 13.5. The highest BCUT2D eigenvalue weighted by molar-refractivity contribution is 5.94. The Kier molecular flexibility index (Phi) is 4.98. The van der Waals surface area contributed by atoms with Crippen molar-refractivity contribution < 1.29 is 26.7 Å². The summed E-state index contributed by atoms with van der Waals surface area (Å²) in [4.78, 5) is 11.7. The number of nitrogens with one attached hydrogen (secondary N) is 1. The van der Waals surface area contributed by atoms with Crippen LogP contribution in [0.25, 0.3) is 0 Å². The Morgan fingerprint density at radius 1 is 0.870 bits per heavy atom. The third kappa shape index (κ3) is 3.49. The van der Waals surface area contributed by atoms with Crippen LogP contribution in [0.15, 0.2) is 24.3 Å². The first-order chi connectivity index (χ1) is 10.8. The molecule has 0 aliphatic rings. The monoisotopic (exact) mass is 329 g/mol. The summed E-state index contributed by atoms with van der Waals surface area (Å²) in [6.45, 7) is 1.89. The molecule has 0 aromatic heterocycles. The lowest BCUT2D eigenvalue weighted by Crippen LogP contribution is -2.28. The van der Waals surface area contributed by atoms with E-state index in [-0.39, 0.29) is 6.54 Å². The molecule has 0 radical (unpaired) electrons. The molecule has 2 aromatic rings. The van der Waals surface area contributed by atoms with Gasteiger partial charge in [0.1, 0.15) is 5.56 Å². The van der Waals surface area contributed by atoms with Crippen LogP contribution >= 0.6 is 0 Å². The van der Waals surface area contributed by atoms with Crippen LogP contribution in [0.4, 0.5) is 22.0 Å². The summed E-state index contributed by atoms with van der Waals surface area (Å²) in [6.07, 6.45) is 0.349. The molecule has 7 heteroatoms. The molecule has 2 nitrogen and oxygen atoms in total. The Morgan fingerprint density at radius 3 is 1.87 bits per heavy atom. The van der Waals surface area contributed by atoms with Gasteiger partial charge in [-0.25, -0.2) is 22.0 Å². The molecule has 0 saturated carbocycles. The summed E-state index contributed by atoms with van der Waals surface area (Å²) in [7, 11) is 0. The van der Waals surface area contributed by atoms with E-state index in [4.69, 9.17) is 0 Å². The molecule has 2 aromatic carbocycles. The topological polar surface area (TPSA) is 29.1 Å². The Balaban J connectivity index is 2.11. The molecule has 0 aliphatic heterocycles. The minimum atomic E-state index is -2.30. The first kappa shape index (κ1) is 16.9. The summed E-state index contributed by atoms with van der Waals surface area (Å²) in [5.41, 5.74) is 0.415. The number of carbonyl (C=O) groups excluding carboxylic acids is 1. The van der Waals surface area contributed by atoms with Crippen molar-refractivity contribution in [3.8, 4) is 0 Å². The average Bonchev–Trinajstić information content (AvgIpc) is 2.53. The van der Waals surface area contributed by atoms with Gasteiger partial charge >= 0.3 is 0 Å². The molecule has 23 heavy (non-hydrogen) atoms. The molecule has 1 N–H and O–H groups in total. The number of rotatable bonds is 4. The van der Waals surface area contributed by atoms with Crippen molar-refractivity contribution in [1.29, 1.82) is 0 Å². The minimum Gasteiger partial charge on any atom is -0.352 e. The Labute approximate surface area is 128 Å². The molecular formula is C16H12F5NO. The van der Waals surface area contributed by atoms with Gasteiger partial charge in [0.25, 0.3) is 5.91 Å². The van der Waals surface area contributed by atoms with Gasteiger partial charge in [-0.3, -0.25) is 4.79 Å². The first-order valence-electron chi connectivity index (χ1n) is 6.68. The number of hydrogen-bond donors (Lipinski definition) is 1. The van der Waals surface area contributed by atoms with Crippen LogP contribution in [-0.4, -0.2) is 12.5 Å². The minimum absolute atomic E-state index is 0.0125. The van der Waals surface area contributed by atoms with E-state index in [1.54, 1.807) is 12.1 Å². The number of benzene rings is 2. The predicted molar refractivity (Wildman–Crippen MR) is 73.4 cm³/mol. The van der Waals surface area contributed by atoms with Crippen LogP contribution in [0.1, 0.15) is 21.5 Å². The van der Waals surface area contributed by atoms with Crippen molar-refractivity contribution in [2.75, 3.05) is 6.54 Å². The van der Waals surface area contributed by atoms with Crippen molar-refractivity contribution >= 4 is 5.91 Å². The van der Waals surface area contributed by atoms with E-state index in [1.807, 2.05) is 19.1 Å². The van der Waals surface area contributed by atoms with Gasteiger partial charge < -0.3 is 5.32 Å². The van der Waals surface area contributed by atoms with Gasteiger partial charge in [-0.2, -0.15) is 0 Å². The number of halogens is 5. The second kappa shape index (κ2) is 6.76. The highest BCUT2D eigenvalue weighted by atomic mass is 19.2. The van der Waals surface area contributed by atoms with Gasteiger partial charge in [0.15, 0.2) is 23.3 Å². The zero-order valence-electron chi connectivity index (χ0n) is 12.0. The van der Waals surface area contributed by atoms with E-state index in [0.717, 1.165) is 11.1 Å². The molecule has 0 heterocycles. The Morgan fingerprint density at radius 2 is 1.35 bits per heavy atom. The van der Waals surface area contributed by atoms with Gasteiger partial charge in [0.05, 0.1) is 0 Å². The van der Waals surface area contributed by atoms with Crippen molar-refractivity contribution in [2.45, 2.75) is 13.3 Å². The molecule has 0 unspecified atom stereocenters. The lowest BCUT2D eigenvalue weighted by Gasteiger charge is -2.09. The standard InChI is InChI=1S/C16H12F5NO/c1-8-2-4-9(5-3-8)6-7-22-16(23)10-11(17)13(19)15(21)14(20)12(10)18/h2-5H,6-7H2,1H3,(H,22,23). The Bertz CT molecular complexity index is 714. The quantitative estimate of drug-likeness (QED) is 0.518. The maximum absolute atomic E-state index is 13.5. The fraction of sp³-hybridized carbons (Fsp3) is 0.188. The fourth-order valence-corrected chi connectivity index (χ4v) is 1.97. The van der Waals surface area contributed by atoms with E-state index in [1.165, 1.54) is 0 Å². The average molecular weight is 329 g/mol. The summed E-state index contributed by atoms with van der Waals surface area (Å²) in [5, 5.41) is 2.14. The second-order valence-electron chi connectivity index (χ2n) is 4.94. The fourth-order valence-electron chi connectivity index (χ4n) is 1.97. The van der Waals surface area contributed by atoms with Crippen LogP contribution in [0, 0.1) is 36.0 Å². The van der Waals surface area contributed by atoms with Crippen LogP contribution in [-0.2, 0) is 6.42 Å². The smallest absolute Gasteiger partial charge is 0.257 e. The lowest BCUT2D eigenvalue weighted by atomic mass is 10.1. The zero-order valence-corrected chi connectivity index (χ0v) is 12.0. The molecule has 0 aliphatic carbocycles. The normalized spacial score (nSPS) is 10.7. The van der Waals surface area contributed by atoms with Gasteiger partial charge in [-0.05, 0) is 18.9 Å². The highest BCUT2D eigenvalue weighted by Crippen LogP contribution is 2.22. The third-order valence-corrected chi connectivity index (χ3v) is 3.26. The summed E-state index contributed by atoms with van der Waals surface area (Å²) >= 11 is 0. The number of aryl methyl sites for hydroxylation is 1. The predicted octanol–water partition coefficient (Wildman–Crippen LogP) is 3.66. The van der Waals surface area contributed by atoms with E-state index in [9.17, 15) is 26.7 Å². The van der Waals surface area contributed by atoms with Crippen LogP contribution in [0.2, 0.25) is 0 Å². The van der Waals surface area contributed by atoms with Crippen molar-refractivity contribution in [3.05, 3.63) is 70.0 Å². The van der Waals surface area contributed by atoms with Gasteiger partial charge in [0.2, 0.25) is 5.82 Å². The van der Waals surface area contributed by atoms with Crippen LogP contribution in [0.5, 0.6) is 0 Å². The summed E-state index contributed by atoms with van der Waals surface area (Å²) < 4.78 is 65.9. The summed E-state index contributed by atoms with van der Waals surface area (Å²) in [6, 6.07) is 7.31. The molecule has 122 valence electrons. The number of carbonyl (C=O) groups is 1. The molecule has 0 bridgehead atoms. The third-order valence-electron chi connectivity index (χ3n) is 3.26. The molecule has 0 atom stereocenters. The van der Waals surface area contributed by atoms with Gasteiger partial charge in [-0.15, -0.1) is 0 Å². The second-order valence-corrected chi connectivity index (χ2v) is 4.94. The SMILES string of the molecule is Cc1ccc(CCNC(=O)c2c(F)c(F)c(F)c(F)c2F)cc1. The van der Waals surface area contributed by atoms with Crippen LogP contribution in [0.3, 0.4) is 0 Å². The van der Waals surface area contributed by atoms with Gasteiger partial charge in [-0.1, -0.05) is 29.8 Å². The maximum Gasteiger partial charge on any atom is 0.257 e. The van der Waals surface area contributed by atoms with E-state index < -0.39 is 40.6 Å². The lowest BCUT2D eigenvalue weighted by molar-refractivity contribution is 0.0942. The number of hydrogen-bond acceptors (Lipinski definition) is 1. The zero-order chi connectivity index (χ0) is 17.1. The largest absolute Gasteiger partial charge is 0.352 e. The van der Waals surface area contributed by atoms with Crippen LogP contribution < -0.4 is 5.32 Å². The molecule has 2 rings (SSSR count). The molecule has 0 saturated heterocycles. The molecule has 0 fully saturated rings. The van der Waals surface area contributed by atoms with Crippen molar-refractivity contribution in [1.82, 2.24) is 5.32 Å². The molecular weight excluding hydrogens is 317 g/mol. The number of amides is 1. The van der Waals surface area contributed by atoms with E-state index in [2.05, 4.69) is 5.32 Å².